The Morgan fingerprint density at radius 1 is 1.20 bits per heavy atom. The summed E-state index contributed by atoms with van der Waals surface area (Å²) in [6, 6.07) is 0. The van der Waals surface area contributed by atoms with Crippen LogP contribution < -0.4 is 5.73 Å². The van der Waals surface area contributed by atoms with E-state index in [-0.39, 0.29) is 6.42 Å². The van der Waals surface area contributed by atoms with Crippen LogP contribution >= 0.6 is 0 Å². The van der Waals surface area contributed by atoms with Crippen LogP contribution in [-0.2, 0) is 0 Å². The van der Waals surface area contributed by atoms with Gasteiger partial charge in [-0.15, -0.1) is 0 Å². The maximum absolute atomic E-state index is 12.3. The molecule has 0 aliphatic carbocycles. The van der Waals surface area contributed by atoms with E-state index in [2.05, 4.69) is 0 Å². The van der Waals surface area contributed by atoms with Crippen molar-refractivity contribution in [2.24, 2.45) is 11.1 Å². The Bertz CT molecular complexity index is 105. The fourth-order valence-electron chi connectivity index (χ4n) is 0.912. The topological polar surface area (TPSA) is 26.0 Å². The number of rotatable bonds is 3. The van der Waals surface area contributed by atoms with E-state index in [9.17, 15) is 8.78 Å². The first-order valence-electron chi connectivity index (χ1n) is 3.35. The predicted octanol–water partition coefficient (Wildman–Crippen LogP) is 2.02. The number of hydrogen-bond donors (Lipinski definition) is 1. The molecule has 0 atom stereocenters. The van der Waals surface area contributed by atoms with Gasteiger partial charge in [0.1, 0.15) is 0 Å². The Morgan fingerprint density at radius 2 is 1.60 bits per heavy atom. The summed E-state index contributed by atoms with van der Waals surface area (Å²) in [6.07, 6.45) is -0.142. The largest absolute Gasteiger partial charge is 0.330 e. The van der Waals surface area contributed by atoms with Gasteiger partial charge in [0, 0.05) is 6.42 Å². The summed E-state index contributed by atoms with van der Waals surface area (Å²) >= 11 is 0. The van der Waals surface area contributed by atoms with Gasteiger partial charge < -0.3 is 5.73 Å². The highest BCUT2D eigenvalue weighted by molar-refractivity contribution is 4.75. The molecule has 0 fully saturated rings. The Hall–Kier alpha value is -0.180. The lowest BCUT2D eigenvalue weighted by Gasteiger charge is -2.25. The zero-order valence-corrected chi connectivity index (χ0v) is 6.75. The van der Waals surface area contributed by atoms with Gasteiger partial charge in [0.15, 0.2) is 0 Å². The lowest BCUT2D eigenvalue weighted by molar-refractivity contribution is -0.0189. The molecule has 0 unspecified atom stereocenters. The fraction of sp³-hybridized carbons (Fsp3) is 1.00. The zero-order chi connectivity index (χ0) is 8.41. The van der Waals surface area contributed by atoms with Crippen molar-refractivity contribution in [1.29, 1.82) is 0 Å². The number of alkyl halides is 2. The van der Waals surface area contributed by atoms with Crippen LogP contribution in [0.2, 0.25) is 0 Å². The maximum Gasteiger partial charge on any atom is 0.246 e. The van der Waals surface area contributed by atoms with Gasteiger partial charge in [0.25, 0.3) is 0 Å². The molecule has 0 heterocycles. The first kappa shape index (κ1) is 9.82. The molecule has 3 heteroatoms. The average Bonchev–Trinajstić information content (AvgIpc) is 1.60. The molecule has 62 valence electrons. The minimum Gasteiger partial charge on any atom is -0.330 e. The second kappa shape index (κ2) is 2.82. The molecular weight excluding hydrogens is 136 g/mol. The van der Waals surface area contributed by atoms with E-state index in [1.54, 1.807) is 13.8 Å². The predicted molar refractivity (Wildman–Crippen MR) is 38.1 cm³/mol. The molecule has 0 aliphatic rings. The van der Waals surface area contributed by atoms with Crippen LogP contribution in [0, 0.1) is 5.41 Å². The van der Waals surface area contributed by atoms with Gasteiger partial charge in [-0.05, 0) is 18.9 Å². The van der Waals surface area contributed by atoms with E-state index in [1.165, 1.54) is 0 Å². The second-order valence-corrected chi connectivity index (χ2v) is 3.62. The normalized spacial score (nSPS) is 13.8. The summed E-state index contributed by atoms with van der Waals surface area (Å²) in [5.41, 5.74) is 4.83. The van der Waals surface area contributed by atoms with Crippen molar-refractivity contribution in [3.63, 3.8) is 0 Å². The SMILES string of the molecule is CC(F)(F)CC(C)(C)CN. The van der Waals surface area contributed by atoms with Crippen molar-refractivity contribution in [3.8, 4) is 0 Å². The van der Waals surface area contributed by atoms with Gasteiger partial charge in [0.05, 0.1) is 0 Å². The molecule has 10 heavy (non-hydrogen) atoms. The molecule has 0 bridgehead atoms. The number of nitrogens with two attached hydrogens (primary N) is 1. The molecule has 0 amide bonds. The van der Waals surface area contributed by atoms with Gasteiger partial charge in [-0.3, -0.25) is 0 Å². The summed E-state index contributed by atoms with van der Waals surface area (Å²) in [5.74, 6) is -2.59. The van der Waals surface area contributed by atoms with Gasteiger partial charge >= 0.3 is 0 Å². The molecule has 0 aromatic carbocycles. The van der Waals surface area contributed by atoms with E-state index in [4.69, 9.17) is 5.73 Å². The van der Waals surface area contributed by atoms with E-state index in [1.807, 2.05) is 0 Å². The maximum atomic E-state index is 12.3. The van der Waals surface area contributed by atoms with Gasteiger partial charge in [-0.25, -0.2) is 8.78 Å². The van der Waals surface area contributed by atoms with Crippen LogP contribution in [0.4, 0.5) is 8.78 Å². The molecule has 0 aliphatic heterocycles. The number of halogens is 2. The van der Waals surface area contributed by atoms with E-state index in [0.29, 0.717) is 6.54 Å². The summed E-state index contributed by atoms with van der Waals surface area (Å²) in [5, 5.41) is 0. The molecule has 0 saturated carbocycles. The highest BCUT2D eigenvalue weighted by Gasteiger charge is 2.30. The smallest absolute Gasteiger partial charge is 0.246 e. The van der Waals surface area contributed by atoms with Crippen molar-refractivity contribution in [3.05, 3.63) is 0 Å². The van der Waals surface area contributed by atoms with Crippen molar-refractivity contribution < 1.29 is 8.78 Å². The molecule has 0 spiro atoms. The monoisotopic (exact) mass is 151 g/mol. The first-order chi connectivity index (χ1) is 4.27. The molecule has 0 saturated heterocycles. The zero-order valence-electron chi connectivity index (χ0n) is 6.75. The highest BCUT2D eigenvalue weighted by atomic mass is 19.3. The Kier molecular flexibility index (Phi) is 2.77. The minimum atomic E-state index is -2.59. The second-order valence-electron chi connectivity index (χ2n) is 3.62. The van der Waals surface area contributed by atoms with Gasteiger partial charge in [-0.1, -0.05) is 13.8 Å². The Balaban J connectivity index is 3.89. The molecule has 0 rings (SSSR count). The third-order valence-electron chi connectivity index (χ3n) is 1.34. The van der Waals surface area contributed by atoms with Gasteiger partial charge in [-0.2, -0.15) is 0 Å². The summed E-state index contributed by atoms with van der Waals surface area (Å²) in [7, 11) is 0. The summed E-state index contributed by atoms with van der Waals surface area (Å²) < 4.78 is 24.7. The molecule has 2 N–H and O–H groups in total. The first-order valence-corrected chi connectivity index (χ1v) is 3.35. The van der Waals surface area contributed by atoms with Crippen molar-refractivity contribution >= 4 is 0 Å². The van der Waals surface area contributed by atoms with Crippen LogP contribution in [0.25, 0.3) is 0 Å². The lowest BCUT2D eigenvalue weighted by atomic mass is 9.87. The van der Waals surface area contributed by atoms with Crippen LogP contribution in [0.15, 0.2) is 0 Å². The summed E-state index contributed by atoms with van der Waals surface area (Å²) in [4.78, 5) is 0. The Labute approximate surface area is 60.6 Å². The third-order valence-corrected chi connectivity index (χ3v) is 1.34. The minimum absolute atomic E-state index is 0.142. The fourth-order valence-corrected chi connectivity index (χ4v) is 0.912. The number of hydrogen-bond acceptors (Lipinski definition) is 1. The van der Waals surface area contributed by atoms with E-state index < -0.39 is 11.3 Å². The van der Waals surface area contributed by atoms with Crippen LogP contribution in [0.3, 0.4) is 0 Å². The molecular formula is C7H15F2N. The van der Waals surface area contributed by atoms with E-state index >= 15 is 0 Å². The lowest BCUT2D eigenvalue weighted by Crippen LogP contribution is -2.30. The molecule has 1 nitrogen and oxygen atoms in total. The standard InChI is InChI=1S/C7H15F2N/c1-6(2,5-10)4-7(3,8)9/h4-5,10H2,1-3H3. The highest BCUT2D eigenvalue weighted by Crippen LogP contribution is 2.30. The summed E-state index contributed by atoms with van der Waals surface area (Å²) in [6.45, 7) is 4.70. The Morgan fingerprint density at radius 3 is 1.70 bits per heavy atom. The average molecular weight is 151 g/mol. The van der Waals surface area contributed by atoms with E-state index in [0.717, 1.165) is 6.92 Å². The van der Waals surface area contributed by atoms with Gasteiger partial charge in [0.2, 0.25) is 5.92 Å². The van der Waals surface area contributed by atoms with Crippen molar-refractivity contribution in [2.75, 3.05) is 6.54 Å². The molecule has 0 radical (unpaired) electrons. The van der Waals surface area contributed by atoms with Crippen LogP contribution in [-0.4, -0.2) is 12.5 Å². The quantitative estimate of drug-likeness (QED) is 0.656. The van der Waals surface area contributed by atoms with Crippen molar-refractivity contribution in [1.82, 2.24) is 0 Å². The molecule has 0 aromatic heterocycles. The van der Waals surface area contributed by atoms with Crippen LogP contribution in [0.1, 0.15) is 27.2 Å². The van der Waals surface area contributed by atoms with Crippen LogP contribution in [0.5, 0.6) is 0 Å². The van der Waals surface area contributed by atoms with Crippen molar-refractivity contribution in [2.45, 2.75) is 33.1 Å². The third kappa shape index (κ3) is 4.68. The molecule has 0 aromatic rings.